The van der Waals surface area contributed by atoms with Crippen molar-refractivity contribution in [1.82, 2.24) is 25.0 Å². The summed E-state index contributed by atoms with van der Waals surface area (Å²) >= 11 is 0. The predicted octanol–water partition coefficient (Wildman–Crippen LogP) is 1.34. The molecule has 2 aliphatic rings. The largest absolute Gasteiger partial charge is 0.384 e. The van der Waals surface area contributed by atoms with E-state index in [-0.39, 0.29) is 5.91 Å². The maximum absolute atomic E-state index is 12.4. The van der Waals surface area contributed by atoms with Crippen molar-refractivity contribution in [1.29, 1.82) is 0 Å². The number of nitrogens with one attached hydrogen (secondary N) is 1. The Morgan fingerprint density at radius 3 is 2.71 bits per heavy atom. The van der Waals surface area contributed by atoms with Gasteiger partial charge in [-0.25, -0.2) is 4.98 Å². The molecule has 4 rings (SSSR count). The first-order chi connectivity index (χ1) is 11.7. The Morgan fingerprint density at radius 1 is 1.21 bits per heavy atom. The number of hydrogen-bond donors (Lipinski definition) is 2. The van der Waals surface area contributed by atoms with E-state index in [2.05, 4.69) is 20.1 Å². The van der Waals surface area contributed by atoms with Crippen molar-refractivity contribution in [3.05, 3.63) is 17.8 Å². The highest BCUT2D eigenvalue weighted by Crippen LogP contribution is 2.28. The van der Waals surface area contributed by atoms with Crippen LogP contribution < -0.4 is 5.73 Å². The summed E-state index contributed by atoms with van der Waals surface area (Å²) < 4.78 is 0. The number of fused-ring (bicyclic) bond motifs is 1. The lowest BCUT2D eigenvalue weighted by Crippen LogP contribution is -2.43. The van der Waals surface area contributed by atoms with Crippen LogP contribution in [0.5, 0.6) is 0 Å². The molecular formula is C17H24N6O. The van der Waals surface area contributed by atoms with Gasteiger partial charge in [0, 0.05) is 24.7 Å². The van der Waals surface area contributed by atoms with Gasteiger partial charge in [-0.2, -0.15) is 5.10 Å². The number of pyridine rings is 1. The highest BCUT2D eigenvalue weighted by atomic mass is 16.2. The van der Waals surface area contributed by atoms with Crippen molar-refractivity contribution in [2.45, 2.75) is 31.6 Å². The first-order valence-corrected chi connectivity index (χ1v) is 8.81. The van der Waals surface area contributed by atoms with Crippen molar-refractivity contribution in [2.75, 3.05) is 38.5 Å². The van der Waals surface area contributed by atoms with Gasteiger partial charge in [0.05, 0.1) is 11.9 Å². The summed E-state index contributed by atoms with van der Waals surface area (Å²) in [6.07, 6.45) is 4.37. The van der Waals surface area contributed by atoms with Crippen LogP contribution in [0.3, 0.4) is 0 Å². The van der Waals surface area contributed by atoms with Crippen LogP contribution in [0.4, 0.5) is 5.82 Å². The molecule has 128 valence electrons. The number of anilines is 1. The lowest BCUT2D eigenvalue weighted by molar-refractivity contribution is -0.133. The first kappa shape index (κ1) is 15.4. The molecule has 0 atom stereocenters. The average Bonchev–Trinajstić information content (AvgIpc) is 3.25. The molecule has 3 N–H and O–H groups in total. The lowest BCUT2D eigenvalue weighted by atomic mass is 9.93. The number of H-pyrrole nitrogens is 1. The third-order valence-electron chi connectivity index (χ3n) is 5.29. The van der Waals surface area contributed by atoms with Crippen molar-refractivity contribution in [3.8, 4) is 0 Å². The number of piperidine rings is 1. The third-order valence-corrected chi connectivity index (χ3v) is 5.29. The van der Waals surface area contributed by atoms with Crippen molar-refractivity contribution < 1.29 is 4.79 Å². The van der Waals surface area contributed by atoms with Crippen LogP contribution in [-0.2, 0) is 4.79 Å². The zero-order valence-electron chi connectivity index (χ0n) is 13.9. The Bertz CT molecular complexity index is 728. The number of aromatic amines is 1. The number of amides is 1. The van der Waals surface area contributed by atoms with Crippen LogP contribution in [0.15, 0.2) is 12.1 Å². The van der Waals surface area contributed by atoms with Gasteiger partial charge in [-0.3, -0.25) is 14.8 Å². The number of carbonyl (C=O) groups is 1. The molecule has 2 aliphatic heterocycles. The molecule has 0 spiro atoms. The lowest BCUT2D eigenvalue weighted by Gasteiger charge is -2.32. The monoisotopic (exact) mass is 328 g/mol. The van der Waals surface area contributed by atoms with Gasteiger partial charge in [-0.05, 0) is 50.9 Å². The standard InChI is InChI=1S/C17H24N6O/c18-16-13-3-4-14(19-17(13)21-20-16)12-5-9-23(10-6-12)15(24)11-22-7-1-2-8-22/h3-4,12H,1-2,5-11H2,(H3,18,19,20,21). The zero-order chi connectivity index (χ0) is 16.5. The van der Waals surface area contributed by atoms with Crippen LogP contribution in [-0.4, -0.2) is 63.6 Å². The number of carbonyl (C=O) groups excluding carboxylic acids is 1. The van der Waals surface area contributed by atoms with E-state index in [4.69, 9.17) is 5.73 Å². The number of nitrogen functional groups attached to an aromatic ring is 1. The molecule has 2 aromatic rings. The van der Waals surface area contributed by atoms with Crippen LogP contribution in [0, 0.1) is 0 Å². The Balaban J connectivity index is 1.37. The van der Waals surface area contributed by atoms with Crippen molar-refractivity contribution >= 4 is 22.8 Å². The van der Waals surface area contributed by atoms with E-state index in [1.165, 1.54) is 12.8 Å². The van der Waals surface area contributed by atoms with Gasteiger partial charge in [0.1, 0.15) is 5.82 Å². The van der Waals surface area contributed by atoms with Gasteiger partial charge in [-0.15, -0.1) is 0 Å². The van der Waals surface area contributed by atoms with Gasteiger partial charge in [0.2, 0.25) is 5.91 Å². The number of rotatable bonds is 3. The predicted molar refractivity (Wildman–Crippen MR) is 92.5 cm³/mol. The molecule has 1 amide bonds. The number of nitrogens with zero attached hydrogens (tertiary/aromatic N) is 4. The highest BCUT2D eigenvalue weighted by molar-refractivity contribution is 5.85. The fraction of sp³-hybridized carbons (Fsp3) is 0.588. The van der Waals surface area contributed by atoms with Crippen LogP contribution in [0.1, 0.15) is 37.3 Å². The van der Waals surface area contributed by atoms with Crippen LogP contribution in [0.2, 0.25) is 0 Å². The van der Waals surface area contributed by atoms with Crippen LogP contribution in [0.25, 0.3) is 11.0 Å². The third kappa shape index (κ3) is 2.96. The van der Waals surface area contributed by atoms with E-state index in [0.717, 1.165) is 50.1 Å². The minimum Gasteiger partial charge on any atom is -0.384 e. The quantitative estimate of drug-likeness (QED) is 0.887. The number of likely N-dealkylation sites (tertiary alicyclic amines) is 2. The van der Waals surface area contributed by atoms with E-state index >= 15 is 0 Å². The second-order valence-corrected chi connectivity index (χ2v) is 6.88. The maximum Gasteiger partial charge on any atom is 0.236 e. The Labute approximate surface area is 141 Å². The Morgan fingerprint density at radius 2 is 1.96 bits per heavy atom. The molecule has 0 aliphatic carbocycles. The maximum atomic E-state index is 12.4. The summed E-state index contributed by atoms with van der Waals surface area (Å²) in [5.41, 5.74) is 7.55. The average molecular weight is 328 g/mol. The van der Waals surface area contributed by atoms with E-state index in [1.54, 1.807) is 0 Å². The molecule has 2 fully saturated rings. The molecule has 7 heteroatoms. The summed E-state index contributed by atoms with van der Waals surface area (Å²) in [7, 11) is 0. The van der Waals surface area contributed by atoms with Gasteiger partial charge in [0.25, 0.3) is 0 Å². The molecule has 0 saturated carbocycles. The Hall–Kier alpha value is -2.15. The van der Waals surface area contributed by atoms with Gasteiger partial charge >= 0.3 is 0 Å². The molecular weight excluding hydrogens is 304 g/mol. The second kappa shape index (κ2) is 6.39. The molecule has 2 aromatic heterocycles. The Kier molecular flexibility index (Phi) is 4.10. The van der Waals surface area contributed by atoms with Crippen molar-refractivity contribution in [2.24, 2.45) is 0 Å². The zero-order valence-corrected chi connectivity index (χ0v) is 13.9. The first-order valence-electron chi connectivity index (χ1n) is 8.81. The van der Waals surface area contributed by atoms with Gasteiger partial charge < -0.3 is 10.6 Å². The SMILES string of the molecule is Nc1[nH]nc2nc(C3CCN(C(=O)CN4CCCC4)CC3)ccc12. The smallest absolute Gasteiger partial charge is 0.236 e. The van der Waals surface area contributed by atoms with E-state index in [0.29, 0.717) is 23.9 Å². The normalized spacial score (nSPS) is 20.1. The van der Waals surface area contributed by atoms with Crippen LogP contribution >= 0.6 is 0 Å². The number of hydrogen-bond acceptors (Lipinski definition) is 5. The fourth-order valence-corrected chi connectivity index (χ4v) is 3.82. The van der Waals surface area contributed by atoms with E-state index < -0.39 is 0 Å². The summed E-state index contributed by atoms with van der Waals surface area (Å²) in [6, 6.07) is 4.03. The number of nitrogens with two attached hydrogens (primary N) is 1. The topological polar surface area (TPSA) is 91.1 Å². The molecule has 0 bridgehead atoms. The molecule has 24 heavy (non-hydrogen) atoms. The molecule has 0 radical (unpaired) electrons. The minimum atomic E-state index is 0.277. The molecule has 0 unspecified atom stereocenters. The minimum absolute atomic E-state index is 0.277. The van der Waals surface area contributed by atoms with E-state index in [9.17, 15) is 4.79 Å². The highest BCUT2D eigenvalue weighted by Gasteiger charge is 2.26. The van der Waals surface area contributed by atoms with E-state index in [1.807, 2.05) is 17.0 Å². The van der Waals surface area contributed by atoms with Gasteiger partial charge in [-0.1, -0.05) is 0 Å². The summed E-state index contributed by atoms with van der Waals surface area (Å²) in [4.78, 5) is 21.3. The summed E-state index contributed by atoms with van der Waals surface area (Å²) in [6.45, 7) is 4.36. The molecule has 0 aromatic carbocycles. The molecule has 7 nitrogen and oxygen atoms in total. The number of aromatic nitrogens is 3. The summed E-state index contributed by atoms with van der Waals surface area (Å²) in [5.74, 6) is 1.23. The summed E-state index contributed by atoms with van der Waals surface area (Å²) in [5, 5.41) is 7.79. The fourth-order valence-electron chi connectivity index (χ4n) is 3.82. The molecule has 4 heterocycles. The van der Waals surface area contributed by atoms with Gasteiger partial charge in [0.15, 0.2) is 5.65 Å². The van der Waals surface area contributed by atoms with Crippen molar-refractivity contribution in [3.63, 3.8) is 0 Å². The molecule has 2 saturated heterocycles. The second-order valence-electron chi connectivity index (χ2n) is 6.88.